The van der Waals surface area contributed by atoms with Crippen LogP contribution in [0.25, 0.3) is 0 Å². The number of rotatable bonds is 4. The zero-order chi connectivity index (χ0) is 13.3. The topological polar surface area (TPSA) is 51.8 Å². The van der Waals surface area contributed by atoms with Gasteiger partial charge in [0.25, 0.3) is 6.43 Å². The quantitative estimate of drug-likeness (QED) is 0.886. The molecule has 98 valence electrons. The van der Waals surface area contributed by atoms with E-state index >= 15 is 0 Å². The van der Waals surface area contributed by atoms with Gasteiger partial charge < -0.3 is 5.73 Å². The van der Waals surface area contributed by atoms with Crippen LogP contribution in [0, 0.1) is 5.92 Å². The van der Waals surface area contributed by atoms with E-state index in [9.17, 15) is 8.78 Å². The second-order valence-corrected chi connectivity index (χ2v) is 4.10. The molecular weight excluding hydrogens is 224 g/mol. The van der Waals surface area contributed by atoms with Crippen LogP contribution in [0.1, 0.15) is 45.9 Å². The van der Waals surface area contributed by atoms with Gasteiger partial charge in [0.15, 0.2) is 5.82 Å². The zero-order valence-electron chi connectivity index (χ0n) is 10.6. The first-order valence-electron chi connectivity index (χ1n) is 5.79. The van der Waals surface area contributed by atoms with Crippen LogP contribution in [0.3, 0.4) is 0 Å². The molecule has 0 aliphatic rings. The van der Waals surface area contributed by atoms with Crippen LogP contribution in [-0.4, -0.2) is 16.0 Å². The Bertz CT molecular complexity index is 278. The van der Waals surface area contributed by atoms with Gasteiger partial charge in [-0.15, -0.1) is 0 Å². The fraction of sp³-hybridized carbons (Fsp3) is 0.667. The van der Waals surface area contributed by atoms with Gasteiger partial charge in [-0.05, 0) is 18.4 Å². The molecule has 0 spiro atoms. The molecule has 1 rings (SSSR count). The standard InChI is InChI=1S/C7H17N.C5H4F2N2/c1-4-5-7(8)6(2)3;6-4(7)5-8-2-1-3-9-5/h6-7H,4-5,8H2,1-3H3;1-4H. The average molecular weight is 245 g/mol. The van der Waals surface area contributed by atoms with E-state index < -0.39 is 12.2 Å². The Kier molecular flexibility index (Phi) is 8.40. The summed E-state index contributed by atoms with van der Waals surface area (Å²) < 4.78 is 23.3. The van der Waals surface area contributed by atoms with Crippen molar-refractivity contribution in [2.75, 3.05) is 0 Å². The summed E-state index contributed by atoms with van der Waals surface area (Å²) in [7, 11) is 0. The van der Waals surface area contributed by atoms with Crippen LogP contribution in [0.4, 0.5) is 8.78 Å². The van der Waals surface area contributed by atoms with Crippen LogP contribution in [-0.2, 0) is 0 Å². The predicted molar refractivity (Wildman–Crippen MR) is 64.7 cm³/mol. The number of hydrogen-bond acceptors (Lipinski definition) is 3. The molecule has 0 aliphatic carbocycles. The summed E-state index contributed by atoms with van der Waals surface area (Å²) in [6.07, 6.45) is 2.38. The Morgan fingerprint density at radius 1 is 1.24 bits per heavy atom. The number of aromatic nitrogens is 2. The highest BCUT2D eigenvalue weighted by Gasteiger charge is 2.07. The third-order valence-corrected chi connectivity index (χ3v) is 2.26. The Hall–Kier alpha value is -1.10. The van der Waals surface area contributed by atoms with Crippen molar-refractivity contribution in [3.8, 4) is 0 Å². The molecule has 5 heteroatoms. The van der Waals surface area contributed by atoms with E-state index in [0.717, 1.165) is 6.42 Å². The lowest BCUT2D eigenvalue weighted by molar-refractivity contribution is 0.140. The van der Waals surface area contributed by atoms with Gasteiger partial charge in [0.05, 0.1) is 0 Å². The summed E-state index contributed by atoms with van der Waals surface area (Å²) in [5.74, 6) is 0.229. The van der Waals surface area contributed by atoms with E-state index in [1.54, 1.807) is 0 Å². The van der Waals surface area contributed by atoms with Crippen molar-refractivity contribution in [3.63, 3.8) is 0 Å². The molecule has 0 saturated carbocycles. The summed E-state index contributed by atoms with van der Waals surface area (Å²) in [5, 5.41) is 0. The average Bonchev–Trinajstić information content (AvgIpc) is 2.31. The third kappa shape index (κ3) is 7.74. The molecule has 0 aliphatic heterocycles. The Morgan fingerprint density at radius 2 is 1.76 bits per heavy atom. The smallest absolute Gasteiger partial charge is 0.297 e. The zero-order valence-corrected chi connectivity index (χ0v) is 10.6. The van der Waals surface area contributed by atoms with Crippen molar-refractivity contribution in [2.24, 2.45) is 11.7 Å². The van der Waals surface area contributed by atoms with E-state index in [1.165, 1.54) is 24.9 Å². The van der Waals surface area contributed by atoms with E-state index in [0.29, 0.717) is 12.0 Å². The fourth-order valence-corrected chi connectivity index (χ4v) is 1.09. The summed E-state index contributed by atoms with van der Waals surface area (Å²) in [4.78, 5) is 6.63. The maximum Gasteiger partial charge on any atom is 0.297 e. The van der Waals surface area contributed by atoms with Crippen LogP contribution >= 0.6 is 0 Å². The minimum absolute atomic E-state index is 0.417. The monoisotopic (exact) mass is 245 g/mol. The second kappa shape index (κ2) is 8.98. The summed E-state index contributed by atoms with van der Waals surface area (Å²) in [6.45, 7) is 6.50. The van der Waals surface area contributed by atoms with Gasteiger partial charge in [-0.1, -0.05) is 27.2 Å². The highest BCUT2D eigenvalue weighted by atomic mass is 19.3. The van der Waals surface area contributed by atoms with E-state index in [2.05, 4.69) is 30.7 Å². The first-order chi connectivity index (χ1) is 7.99. The molecule has 0 bridgehead atoms. The van der Waals surface area contributed by atoms with Crippen LogP contribution in [0.15, 0.2) is 18.5 Å². The lowest BCUT2D eigenvalue weighted by Crippen LogP contribution is -2.25. The van der Waals surface area contributed by atoms with Crippen molar-refractivity contribution in [1.82, 2.24) is 9.97 Å². The maximum atomic E-state index is 11.6. The largest absolute Gasteiger partial charge is 0.327 e. The second-order valence-electron chi connectivity index (χ2n) is 4.10. The number of nitrogens with two attached hydrogens (primary N) is 1. The van der Waals surface area contributed by atoms with Gasteiger partial charge in [-0.2, -0.15) is 0 Å². The number of nitrogens with zero attached hydrogens (tertiary/aromatic N) is 2. The molecule has 0 saturated heterocycles. The summed E-state index contributed by atoms with van der Waals surface area (Å²) in [6, 6.07) is 1.91. The Labute approximate surface area is 101 Å². The molecule has 0 radical (unpaired) electrons. The van der Waals surface area contributed by atoms with Gasteiger partial charge in [0, 0.05) is 18.4 Å². The number of hydrogen-bond donors (Lipinski definition) is 1. The van der Waals surface area contributed by atoms with Gasteiger partial charge in [0.1, 0.15) is 0 Å². The Balaban J connectivity index is 0.000000304. The molecule has 1 aromatic rings. The molecule has 1 unspecified atom stereocenters. The van der Waals surface area contributed by atoms with Crippen molar-refractivity contribution in [3.05, 3.63) is 24.3 Å². The van der Waals surface area contributed by atoms with E-state index in [1.807, 2.05) is 0 Å². The fourth-order valence-electron chi connectivity index (χ4n) is 1.09. The lowest BCUT2D eigenvalue weighted by atomic mass is 10.0. The number of alkyl halides is 2. The molecule has 2 N–H and O–H groups in total. The van der Waals surface area contributed by atoms with E-state index in [-0.39, 0.29) is 0 Å². The SMILES string of the molecule is CCCC(N)C(C)C.FC(F)c1ncccn1. The molecule has 0 amide bonds. The molecule has 1 aromatic heterocycles. The summed E-state index contributed by atoms with van der Waals surface area (Å²) >= 11 is 0. The minimum Gasteiger partial charge on any atom is -0.327 e. The van der Waals surface area contributed by atoms with Gasteiger partial charge in [-0.25, -0.2) is 18.7 Å². The maximum absolute atomic E-state index is 11.6. The van der Waals surface area contributed by atoms with Crippen LogP contribution < -0.4 is 5.73 Å². The molecule has 3 nitrogen and oxygen atoms in total. The molecule has 1 atom stereocenters. The molecule has 0 fully saturated rings. The minimum atomic E-state index is -2.56. The van der Waals surface area contributed by atoms with Crippen molar-refractivity contribution < 1.29 is 8.78 Å². The Morgan fingerprint density at radius 3 is 2.00 bits per heavy atom. The normalized spacial score (nSPS) is 12.2. The van der Waals surface area contributed by atoms with Crippen molar-refractivity contribution in [2.45, 2.75) is 46.1 Å². The van der Waals surface area contributed by atoms with Crippen LogP contribution in [0.5, 0.6) is 0 Å². The van der Waals surface area contributed by atoms with Crippen molar-refractivity contribution >= 4 is 0 Å². The van der Waals surface area contributed by atoms with Crippen LogP contribution in [0.2, 0.25) is 0 Å². The first kappa shape index (κ1) is 15.9. The van der Waals surface area contributed by atoms with E-state index in [4.69, 9.17) is 5.73 Å². The molecule has 17 heavy (non-hydrogen) atoms. The molecule has 0 aromatic carbocycles. The van der Waals surface area contributed by atoms with Crippen molar-refractivity contribution in [1.29, 1.82) is 0 Å². The highest BCUT2D eigenvalue weighted by Crippen LogP contribution is 2.11. The highest BCUT2D eigenvalue weighted by molar-refractivity contribution is 4.88. The van der Waals surface area contributed by atoms with Gasteiger partial charge in [0.2, 0.25) is 0 Å². The predicted octanol–water partition coefficient (Wildman–Crippen LogP) is 3.18. The number of halogens is 2. The molecular formula is C12H21F2N3. The van der Waals surface area contributed by atoms with Gasteiger partial charge in [-0.3, -0.25) is 0 Å². The summed E-state index contributed by atoms with van der Waals surface area (Å²) in [5.41, 5.74) is 5.73. The lowest BCUT2D eigenvalue weighted by Gasteiger charge is -2.12. The first-order valence-corrected chi connectivity index (χ1v) is 5.79. The van der Waals surface area contributed by atoms with Gasteiger partial charge >= 0.3 is 0 Å². The molecule has 1 heterocycles. The third-order valence-electron chi connectivity index (χ3n) is 2.26.